The molecule has 0 radical (unpaired) electrons. The topological polar surface area (TPSA) is 118 Å². The Hall–Kier alpha value is -3.46. The molecule has 0 aliphatic rings. The number of carbonyl (C=O) groups is 2. The number of aromatic nitrogens is 3. The average Bonchev–Trinajstić information content (AvgIpc) is 2.71. The number of benzene rings is 1. The fraction of sp³-hybridized carbons (Fsp3) is 0.211. The predicted molar refractivity (Wildman–Crippen MR) is 111 cm³/mol. The summed E-state index contributed by atoms with van der Waals surface area (Å²) in [6, 6.07) is 7.16. The summed E-state index contributed by atoms with van der Waals surface area (Å²) in [4.78, 5) is 35.5. The number of carbonyl (C=O) groups excluding carboxylic acids is 2. The van der Waals surface area contributed by atoms with Crippen molar-refractivity contribution in [2.45, 2.75) is 20.1 Å². The third-order valence-corrected chi connectivity index (χ3v) is 3.84. The Morgan fingerprint density at radius 1 is 1.10 bits per heavy atom. The average molecular weight is 417 g/mol. The summed E-state index contributed by atoms with van der Waals surface area (Å²) in [6.07, 6.45) is 5.71. The molecule has 1 aromatic carbocycles. The maximum atomic E-state index is 11.9. The molecule has 0 aliphatic heterocycles. The van der Waals surface area contributed by atoms with Gasteiger partial charge in [0.25, 0.3) is 0 Å². The van der Waals surface area contributed by atoms with Gasteiger partial charge >= 0.3 is 12.1 Å². The Balaban J connectivity index is 0.00000300. The number of rotatable bonds is 6. The van der Waals surface area contributed by atoms with E-state index in [1.54, 1.807) is 24.7 Å². The van der Waals surface area contributed by atoms with Crippen molar-refractivity contribution in [1.82, 2.24) is 25.6 Å². The number of pyridine rings is 1. The second kappa shape index (κ2) is 10.8. The van der Waals surface area contributed by atoms with Gasteiger partial charge in [-0.25, -0.2) is 24.5 Å². The molecule has 2 heterocycles. The molecule has 0 bridgehead atoms. The first-order chi connectivity index (χ1) is 13.7. The second-order valence-corrected chi connectivity index (χ2v) is 5.87. The van der Waals surface area contributed by atoms with Crippen LogP contribution < -0.4 is 16.0 Å². The van der Waals surface area contributed by atoms with Gasteiger partial charge < -0.3 is 15.4 Å². The van der Waals surface area contributed by atoms with Crippen molar-refractivity contribution in [1.29, 1.82) is 0 Å². The monoisotopic (exact) mass is 416 g/mol. The molecule has 0 aliphatic carbocycles. The van der Waals surface area contributed by atoms with E-state index in [2.05, 4.69) is 30.9 Å². The number of urea groups is 1. The van der Waals surface area contributed by atoms with Gasteiger partial charge in [0, 0.05) is 42.6 Å². The number of anilines is 1. The first-order valence-corrected chi connectivity index (χ1v) is 8.72. The molecule has 3 aromatic rings. The smallest absolute Gasteiger partial charge is 0.407 e. The van der Waals surface area contributed by atoms with Gasteiger partial charge in [0.2, 0.25) is 0 Å². The number of hydrogen-bond acceptors (Lipinski definition) is 6. The van der Waals surface area contributed by atoms with E-state index >= 15 is 0 Å². The molecule has 9 nitrogen and oxygen atoms in total. The van der Waals surface area contributed by atoms with Crippen molar-refractivity contribution in [2.75, 3.05) is 11.9 Å². The lowest BCUT2D eigenvalue weighted by Crippen LogP contribution is -2.28. The molecule has 152 valence electrons. The minimum Gasteiger partial charge on any atom is -0.445 e. The van der Waals surface area contributed by atoms with Crippen LogP contribution in [0.2, 0.25) is 0 Å². The van der Waals surface area contributed by atoms with Crippen molar-refractivity contribution in [2.24, 2.45) is 0 Å². The maximum absolute atomic E-state index is 11.9. The van der Waals surface area contributed by atoms with E-state index in [0.717, 1.165) is 16.3 Å². The Labute approximate surface area is 173 Å². The largest absolute Gasteiger partial charge is 0.445 e. The minimum atomic E-state index is -0.539. The molecule has 0 fully saturated rings. The number of halogens is 1. The third kappa shape index (κ3) is 6.28. The Morgan fingerprint density at radius 2 is 1.90 bits per heavy atom. The second-order valence-electron chi connectivity index (χ2n) is 5.87. The van der Waals surface area contributed by atoms with Crippen LogP contribution in [0, 0.1) is 0 Å². The molecule has 3 N–H and O–H groups in total. The molecular formula is C19H21ClN6O3. The van der Waals surface area contributed by atoms with E-state index in [-0.39, 0.29) is 31.6 Å². The van der Waals surface area contributed by atoms with Crippen LogP contribution >= 0.6 is 12.4 Å². The van der Waals surface area contributed by atoms with Crippen LogP contribution in [0.3, 0.4) is 0 Å². The maximum Gasteiger partial charge on any atom is 0.407 e. The molecule has 0 saturated heterocycles. The van der Waals surface area contributed by atoms with Crippen molar-refractivity contribution >= 4 is 41.1 Å². The van der Waals surface area contributed by atoms with Gasteiger partial charge in [-0.3, -0.25) is 5.32 Å². The number of nitrogens with zero attached hydrogens (tertiary/aromatic N) is 3. The van der Waals surface area contributed by atoms with Gasteiger partial charge in [0.05, 0.1) is 0 Å². The lowest BCUT2D eigenvalue weighted by atomic mass is 10.1. The molecule has 3 rings (SSSR count). The van der Waals surface area contributed by atoms with Crippen LogP contribution in [0.4, 0.5) is 15.4 Å². The quantitative estimate of drug-likeness (QED) is 0.568. The number of nitrogens with one attached hydrogen (secondary N) is 3. The SMILES string of the molecule is CCNC(=O)Nc1cc2cccc(CNC(=O)OCc3cncnc3)c2cn1.Cl. The highest BCUT2D eigenvalue weighted by Crippen LogP contribution is 2.20. The molecule has 29 heavy (non-hydrogen) atoms. The van der Waals surface area contributed by atoms with Crippen LogP contribution in [-0.2, 0) is 17.9 Å². The van der Waals surface area contributed by atoms with Crippen molar-refractivity contribution in [3.63, 3.8) is 0 Å². The van der Waals surface area contributed by atoms with Gasteiger partial charge in [-0.1, -0.05) is 18.2 Å². The van der Waals surface area contributed by atoms with Gasteiger partial charge in [-0.05, 0) is 23.9 Å². The summed E-state index contributed by atoms with van der Waals surface area (Å²) in [6.45, 7) is 2.75. The standard InChI is InChI=1S/C19H20N6O3.ClH/c1-2-22-18(26)25-17-6-14-4-3-5-15(16(14)10-23-17)9-24-19(27)28-11-13-7-20-12-21-8-13;/h3-8,10,12H,2,9,11H2,1H3,(H,24,27)(H2,22,23,25,26);1H. The van der Waals surface area contributed by atoms with Gasteiger partial charge in [-0.15, -0.1) is 12.4 Å². The molecule has 0 saturated carbocycles. The van der Waals surface area contributed by atoms with E-state index in [9.17, 15) is 9.59 Å². The fourth-order valence-electron chi connectivity index (χ4n) is 2.55. The van der Waals surface area contributed by atoms with E-state index in [0.29, 0.717) is 17.9 Å². The van der Waals surface area contributed by atoms with Crippen LogP contribution in [0.15, 0.2) is 49.2 Å². The Morgan fingerprint density at radius 3 is 2.66 bits per heavy atom. The van der Waals surface area contributed by atoms with Crippen molar-refractivity contribution < 1.29 is 14.3 Å². The Kier molecular flexibility index (Phi) is 8.11. The van der Waals surface area contributed by atoms with Crippen LogP contribution in [0.25, 0.3) is 10.8 Å². The lowest BCUT2D eigenvalue weighted by molar-refractivity contribution is 0.139. The molecule has 0 atom stereocenters. The van der Waals surface area contributed by atoms with Crippen LogP contribution in [-0.4, -0.2) is 33.6 Å². The number of fused-ring (bicyclic) bond motifs is 1. The summed E-state index contributed by atoms with van der Waals surface area (Å²) < 4.78 is 5.15. The zero-order chi connectivity index (χ0) is 19.8. The summed E-state index contributed by atoms with van der Waals surface area (Å²) in [5, 5.41) is 9.82. The normalized spacial score (nSPS) is 9.97. The highest BCUT2D eigenvalue weighted by atomic mass is 35.5. The number of ether oxygens (including phenoxy) is 1. The number of hydrogen-bond donors (Lipinski definition) is 3. The summed E-state index contributed by atoms with van der Waals surface area (Å²) >= 11 is 0. The van der Waals surface area contributed by atoms with E-state index < -0.39 is 6.09 Å². The highest BCUT2D eigenvalue weighted by molar-refractivity contribution is 5.92. The van der Waals surface area contributed by atoms with Crippen LogP contribution in [0.5, 0.6) is 0 Å². The van der Waals surface area contributed by atoms with E-state index in [1.165, 1.54) is 6.33 Å². The summed E-state index contributed by atoms with van der Waals surface area (Å²) in [7, 11) is 0. The molecular weight excluding hydrogens is 396 g/mol. The summed E-state index contributed by atoms with van der Waals surface area (Å²) in [5.74, 6) is 0.452. The predicted octanol–water partition coefficient (Wildman–Crippen LogP) is 3.01. The van der Waals surface area contributed by atoms with Crippen LogP contribution in [0.1, 0.15) is 18.1 Å². The molecule has 2 aromatic heterocycles. The molecule has 0 unspecified atom stereocenters. The first-order valence-electron chi connectivity index (χ1n) is 8.72. The van der Waals surface area contributed by atoms with Gasteiger partial charge in [0.1, 0.15) is 18.8 Å². The van der Waals surface area contributed by atoms with Gasteiger partial charge in [-0.2, -0.15) is 0 Å². The number of amides is 3. The number of alkyl carbamates (subject to hydrolysis) is 1. The lowest BCUT2D eigenvalue weighted by Gasteiger charge is -2.10. The van der Waals surface area contributed by atoms with E-state index in [1.807, 2.05) is 25.1 Å². The molecule has 3 amide bonds. The zero-order valence-corrected chi connectivity index (χ0v) is 16.5. The zero-order valence-electron chi connectivity index (χ0n) is 15.7. The van der Waals surface area contributed by atoms with Crippen molar-refractivity contribution in [3.8, 4) is 0 Å². The fourth-order valence-corrected chi connectivity index (χ4v) is 2.55. The highest BCUT2D eigenvalue weighted by Gasteiger charge is 2.08. The summed E-state index contributed by atoms with van der Waals surface area (Å²) in [5.41, 5.74) is 1.59. The van der Waals surface area contributed by atoms with E-state index in [4.69, 9.17) is 4.74 Å². The molecule has 10 heteroatoms. The Bertz CT molecular complexity index is 971. The van der Waals surface area contributed by atoms with Gasteiger partial charge in [0.15, 0.2) is 0 Å². The van der Waals surface area contributed by atoms with Crippen molar-refractivity contribution in [3.05, 3.63) is 60.3 Å². The molecule has 0 spiro atoms. The third-order valence-electron chi connectivity index (χ3n) is 3.84. The first kappa shape index (κ1) is 21.8. The minimum absolute atomic E-state index is 0.